The average Bonchev–Trinajstić information content (AvgIpc) is 2.81. The summed E-state index contributed by atoms with van der Waals surface area (Å²) in [6.07, 6.45) is 5.03. The van der Waals surface area contributed by atoms with Gasteiger partial charge in [0.15, 0.2) is 0 Å². The molecule has 1 aliphatic rings. The van der Waals surface area contributed by atoms with Crippen molar-refractivity contribution in [2.75, 3.05) is 39.8 Å². The van der Waals surface area contributed by atoms with Gasteiger partial charge in [-0.25, -0.2) is 0 Å². The number of ether oxygens (including phenoxy) is 3. The molecule has 0 radical (unpaired) electrons. The quantitative estimate of drug-likeness (QED) is 0.419. The maximum Gasteiger partial charge on any atom is 0.119 e. The second kappa shape index (κ2) is 11.8. The van der Waals surface area contributed by atoms with E-state index in [0.717, 1.165) is 62.6 Å². The second-order valence-electron chi connectivity index (χ2n) is 8.43. The Morgan fingerprint density at radius 1 is 0.935 bits per heavy atom. The molecule has 0 spiro atoms. The van der Waals surface area contributed by atoms with Gasteiger partial charge in [-0.2, -0.15) is 0 Å². The van der Waals surface area contributed by atoms with Gasteiger partial charge in [-0.05, 0) is 73.4 Å². The van der Waals surface area contributed by atoms with Gasteiger partial charge < -0.3 is 19.3 Å². The molecule has 0 bridgehead atoms. The third-order valence-corrected chi connectivity index (χ3v) is 7.78. The zero-order valence-electron chi connectivity index (χ0n) is 19.1. The van der Waals surface area contributed by atoms with Crippen molar-refractivity contribution in [2.45, 2.75) is 55.3 Å². The number of fused-ring (bicyclic) bond motifs is 1. The van der Waals surface area contributed by atoms with Crippen molar-refractivity contribution in [3.8, 4) is 11.5 Å². The van der Waals surface area contributed by atoms with Crippen molar-refractivity contribution in [3.63, 3.8) is 0 Å². The molecule has 1 N–H and O–H groups in total. The van der Waals surface area contributed by atoms with Crippen LogP contribution in [0, 0.1) is 0 Å². The minimum atomic E-state index is 0.0413. The van der Waals surface area contributed by atoms with Gasteiger partial charge in [-0.1, -0.05) is 25.1 Å². The molecule has 5 heteroatoms. The van der Waals surface area contributed by atoms with Crippen LogP contribution in [0.4, 0.5) is 0 Å². The first-order valence-corrected chi connectivity index (χ1v) is 12.2. The fourth-order valence-electron chi connectivity index (χ4n) is 4.44. The molecule has 2 atom stereocenters. The first-order chi connectivity index (χ1) is 15.1. The third-order valence-electron chi connectivity index (χ3n) is 6.37. The largest absolute Gasteiger partial charge is 0.497 e. The van der Waals surface area contributed by atoms with Crippen molar-refractivity contribution in [2.24, 2.45) is 0 Å². The van der Waals surface area contributed by atoms with E-state index in [0.29, 0.717) is 5.92 Å². The molecule has 4 nitrogen and oxygen atoms in total. The van der Waals surface area contributed by atoms with E-state index in [4.69, 9.17) is 19.3 Å². The highest BCUT2D eigenvalue weighted by atomic mass is 32.2. The number of aliphatic hydroxyl groups is 1. The lowest BCUT2D eigenvalue weighted by molar-refractivity contribution is 0.121. The number of benzene rings is 2. The van der Waals surface area contributed by atoms with Crippen LogP contribution in [-0.2, 0) is 10.2 Å². The van der Waals surface area contributed by atoms with E-state index in [-0.39, 0.29) is 12.0 Å². The van der Waals surface area contributed by atoms with Crippen LogP contribution in [0.5, 0.6) is 11.5 Å². The molecule has 31 heavy (non-hydrogen) atoms. The molecule has 2 aromatic rings. The highest BCUT2D eigenvalue weighted by Gasteiger charge is 2.41. The van der Waals surface area contributed by atoms with Gasteiger partial charge in [0.05, 0.1) is 14.2 Å². The number of aliphatic hydroxyl groups excluding tert-OH is 1. The van der Waals surface area contributed by atoms with Crippen LogP contribution >= 0.6 is 11.8 Å². The Hall–Kier alpha value is -1.69. The van der Waals surface area contributed by atoms with E-state index < -0.39 is 0 Å². The minimum absolute atomic E-state index is 0.0413. The van der Waals surface area contributed by atoms with Gasteiger partial charge in [-0.15, -0.1) is 11.8 Å². The molecule has 3 rings (SSSR count). The summed E-state index contributed by atoms with van der Waals surface area (Å²) in [6, 6.07) is 15.1. The van der Waals surface area contributed by atoms with E-state index >= 15 is 0 Å². The predicted molar refractivity (Wildman–Crippen MR) is 128 cm³/mol. The first kappa shape index (κ1) is 24.0. The zero-order valence-corrected chi connectivity index (χ0v) is 19.9. The molecule has 0 amide bonds. The van der Waals surface area contributed by atoms with Crippen molar-refractivity contribution in [1.29, 1.82) is 0 Å². The van der Waals surface area contributed by atoms with Crippen LogP contribution < -0.4 is 9.47 Å². The molecule has 0 saturated carbocycles. The fourth-order valence-corrected chi connectivity index (χ4v) is 5.84. The van der Waals surface area contributed by atoms with Gasteiger partial charge in [0, 0.05) is 35.9 Å². The summed E-state index contributed by atoms with van der Waals surface area (Å²) in [4.78, 5) is 1.33. The highest BCUT2D eigenvalue weighted by molar-refractivity contribution is 7.99. The lowest BCUT2D eigenvalue weighted by Gasteiger charge is -2.43. The highest BCUT2D eigenvalue weighted by Crippen LogP contribution is 2.52. The van der Waals surface area contributed by atoms with E-state index in [1.54, 1.807) is 14.2 Å². The van der Waals surface area contributed by atoms with Crippen LogP contribution in [-0.4, -0.2) is 44.9 Å². The molecular weight excluding hydrogens is 408 g/mol. The Morgan fingerprint density at radius 3 is 2.35 bits per heavy atom. The van der Waals surface area contributed by atoms with Gasteiger partial charge in [0.1, 0.15) is 11.5 Å². The van der Waals surface area contributed by atoms with Gasteiger partial charge in [-0.3, -0.25) is 0 Å². The summed E-state index contributed by atoms with van der Waals surface area (Å²) in [5.41, 5.74) is 2.81. The number of hydrogen-bond donors (Lipinski definition) is 1. The Kier molecular flexibility index (Phi) is 9.12. The SMILES string of the molecule is COc1ccc(C2(C)CSc3cc(OC)ccc3C2CCCOCCCCCO)cc1. The van der Waals surface area contributed by atoms with Crippen LogP contribution in [0.1, 0.15) is 56.1 Å². The monoisotopic (exact) mass is 444 g/mol. The number of rotatable bonds is 12. The predicted octanol–water partition coefficient (Wildman–Crippen LogP) is 5.81. The standard InChI is InChI=1S/C26H36O4S/c1-26(20-9-11-21(28-2)12-10-20)19-31-25-18-22(29-3)13-14-23(25)24(26)8-7-17-30-16-6-4-5-15-27/h9-14,18,24,27H,4-8,15-17,19H2,1-3H3. The number of hydrogen-bond acceptors (Lipinski definition) is 5. The lowest BCUT2D eigenvalue weighted by atomic mass is 9.68. The third kappa shape index (κ3) is 5.97. The first-order valence-electron chi connectivity index (χ1n) is 11.3. The molecule has 0 fully saturated rings. The van der Waals surface area contributed by atoms with Crippen molar-refractivity contribution < 1.29 is 19.3 Å². The molecule has 170 valence electrons. The van der Waals surface area contributed by atoms with Crippen LogP contribution in [0.15, 0.2) is 47.4 Å². The smallest absolute Gasteiger partial charge is 0.119 e. The van der Waals surface area contributed by atoms with Crippen molar-refractivity contribution >= 4 is 11.8 Å². The van der Waals surface area contributed by atoms with E-state index in [1.165, 1.54) is 16.0 Å². The Morgan fingerprint density at radius 2 is 1.65 bits per heavy atom. The van der Waals surface area contributed by atoms with E-state index in [1.807, 2.05) is 11.8 Å². The van der Waals surface area contributed by atoms with Crippen LogP contribution in [0.3, 0.4) is 0 Å². The number of thioether (sulfide) groups is 1. The molecule has 1 aliphatic heterocycles. The summed E-state index contributed by atoms with van der Waals surface area (Å²) in [5.74, 6) is 3.27. The van der Waals surface area contributed by atoms with Crippen LogP contribution in [0.25, 0.3) is 0 Å². The molecular formula is C26H36O4S. The lowest BCUT2D eigenvalue weighted by Crippen LogP contribution is -2.36. The number of methoxy groups -OCH3 is 2. The Bertz CT molecular complexity index is 808. The van der Waals surface area contributed by atoms with E-state index in [9.17, 15) is 0 Å². The van der Waals surface area contributed by atoms with Crippen molar-refractivity contribution in [3.05, 3.63) is 53.6 Å². The fraction of sp³-hybridized carbons (Fsp3) is 0.538. The van der Waals surface area contributed by atoms with Crippen molar-refractivity contribution in [1.82, 2.24) is 0 Å². The molecule has 0 aliphatic carbocycles. The van der Waals surface area contributed by atoms with Gasteiger partial charge in [0.25, 0.3) is 0 Å². The summed E-state index contributed by atoms with van der Waals surface area (Å²) < 4.78 is 16.7. The number of unbranched alkanes of at least 4 members (excludes halogenated alkanes) is 2. The van der Waals surface area contributed by atoms with Gasteiger partial charge >= 0.3 is 0 Å². The molecule has 2 aromatic carbocycles. The van der Waals surface area contributed by atoms with E-state index in [2.05, 4.69) is 49.4 Å². The molecule has 0 saturated heterocycles. The topological polar surface area (TPSA) is 47.9 Å². The summed E-state index contributed by atoms with van der Waals surface area (Å²) in [5, 5.41) is 8.88. The molecule has 0 aromatic heterocycles. The maximum atomic E-state index is 8.88. The van der Waals surface area contributed by atoms with Gasteiger partial charge in [0.2, 0.25) is 0 Å². The average molecular weight is 445 g/mol. The summed E-state index contributed by atoms with van der Waals surface area (Å²) in [7, 11) is 3.44. The maximum absolute atomic E-state index is 8.88. The zero-order chi connectivity index (χ0) is 22.1. The van der Waals surface area contributed by atoms with Crippen LogP contribution in [0.2, 0.25) is 0 Å². The summed E-state index contributed by atoms with van der Waals surface area (Å²) >= 11 is 1.93. The minimum Gasteiger partial charge on any atom is -0.497 e. The molecule has 1 heterocycles. The molecule has 2 unspecified atom stereocenters. The Balaban J connectivity index is 1.74. The second-order valence-corrected chi connectivity index (χ2v) is 9.45. The summed E-state index contributed by atoms with van der Waals surface area (Å²) in [6.45, 7) is 4.24. The normalized spacial score (nSPS) is 20.3. The Labute approximate surface area is 191 Å².